The lowest BCUT2D eigenvalue weighted by Gasteiger charge is -2.27. The zero-order valence-electron chi connectivity index (χ0n) is 25.0. The van der Waals surface area contributed by atoms with Crippen molar-refractivity contribution in [1.82, 2.24) is 9.80 Å². The number of Topliss-reactive ketones (excluding diaryl/α,β-unsaturated/α-hetero) is 1. The highest BCUT2D eigenvalue weighted by Crippen LogP contribution is 2.46. The second-order valence-corrected chi connectivity index (χ2v) is 10.4. The molecule has 0 aromatic heterocycles. The number of methoxy groups -OCH3 is 3. The molecule has 42 heavy (non-hydrogen) atoms. The van der Waals surface area contributed by atoms with Gasteiger partial charge in [-0.3, -0.25) is 9.59 Å². The quantitative estimate of drug-likeness (QED) is 0.184. The van der Waals surface area contributed by atoms with Crippen LogP contribution < -0.4 is 18.9 Å². The Morgan fingerprint density at radius 3 is 2.17 bits per heavy atom. The first-order chi connectivity index (χ1) is 20.2. The number of aryl methyl sites for hydroxylation is 1. The fraction of sp³-hybridized carbons (Fsp3) is 0.333. The summed E-state index contributed by atoms with van der Waals surface area (Å²) < 4.78 is 22.5. The molecule has 0 saturated carbocycles. The van der Waals surface area contributed by atoms with Gasteiger partial charge in [-0.05, 0) is 81.0 Å². The summed E-state index contributed by atoms with van der Waals surface area (Å²) in [5.74, 6) is 0.0841. The molecule has 0 bridgehead atoms. The van der Waals surface area contributed by atoms with Crippen molar-refractivity contribution in [1.29, 1.82) is 0 Å². The highest BCUT2D eigenvalue weighted by molar-refractivity contribution is 6.46. The summed E-state index contributed by atoms with van der Waals surface area (Å²) in [5.41, 5.74) is 2.71. The summed E-state index contributed by atoms with van der Waals surface area (Å²) in [6.07, 6.45) is 0.632. The summed E-state index contributed by atoms with van der Waals surface area (Å²) in [7, 11) is 8.39. The Labute approximate surface area is 246 Å². The average Bonchev–Trinajstić information content (AvgIpc) is 3.24. The zero-order chi connectivity index (χ0) is 30.4. The van der Waals surface area contributed by atoms with Crippen molar-refractivity contribution < 1.29 is 33.6 Å². The van der Waals surface area contributed by atoms with Crippen LogP contribution in [-0.4, -0.2) is 75.1 Å². The molecule has 3 aromatic rings. The van der Waals surface area contributed by atoms with Crippen LogP contribution in [0, 0.1) is 6.92 Å². The first-order valence-electron chi connectivity index (χ1n) is 13.7. The Kier molecular flexibility index (Phi) is 9.75. The first kappa shape index (κ1) is 30.5. The number of carbonyl (C=O) groups excluding carboxylic acids is 2. The van der Waals surface area contributed by atoms with E-state index in [9.17, 15) is 14.7 Å². The third-order valence-corrected chi connectivity index (χ3v) is 7.25. The molecule has 4 rings (SSSR count). The molecule has 1 amide bonds. The van der Waals surface area contributed by atoms with Gasteiger partial charge >= 0.3 is 0 Å². The van der Waals surface area contributed by atoms with Gasteiger partial charge in [-0.25, -0.2) is 0 Å². The summed E-state index contributed by atoms with van der Waals surface area (Å²) in [5, 5.41) is 11.6. The second kappa shape index (κ2) is 13.4. The summed E-state index contributed by atoms with van der Waals surface area (Å²) in [6, 6.07) is 17.6. The monoisotopic (exact) mass is 574 g/mol. The Bertz CT molecular complexity index is 1440. The van der Waals surface area contributed by atoms with E-state index < -0.39 is 17.7 Å². The van der Waals surface area contributed by atoms with Crippen LogP contribution in [0.5, 0.6) is 23.0 Å². The van der Waals surface area contributed by atoms with E-state index in [-0.39, 0.29) is 11.3 Å². The fourth-order valence-corrected chi connectivity index (χ4v) is 5.15. The van der Waals surface area contributed by atoms with Crippen molar-refractivity contribution >= 4 is 17.4 Å². The Balaban J connectivity index is 1.78. The van der Waals surface area contributed by atoms with Gasteiger partial charge in [0.1, 0.15) is 18.1 Å². The number of ether oxygens (including phenoxy) is 4. The predicted molar refractivity (Wildman–Crippen MR) is 160 cm³/mol. The van der Waals surface area contributed by atoms with E-state index in [1.165, 1.54) is 26.2 Å². The highest BCUT2D eigenvalue weighted by Gasteiger charge is 2.46. The number of hydrogen-bond acceptors (Lipinski definition) is 8. The van der Waals surface area contributed by atoms with E-state index in [0.29, 0.717) is 65.8 Å². The molecule has 1 aliphatic heterocycles. The molecule has 1 N–H and O–H groups in total. The second-order valence-electron chi connectivity index (χ2n) is 10.4. The topological polar surface area (TPSA) is 97.8 Å². The molecule has 1 saturated heterocycles. The van der Waals surface area contributed by atoms with Crippen LogP contribution in [0.4, 0.5) is 0 Å². The molecule has 9 nitrogen and oxygen atoms in total. The van der Waals surface area contributed by atoms with Crippen LogP contribution in [-0.2, 0) is 16.2 Å². The van der Waals surface area contributed by atoms with Crippen LogP contribution >= 0.6 is 0 Å². The zero-order valence-corrected chi connectivity index (χ0v) is 25.0. The molecule has 222 valence electrons. The first-order valence-corrected chi connectivity index (χ1v) is 13.7. The van der Waals surface area contributed by atoms with Crippen LogP contribution in [0.3, 0.4) is 0 Å². The smallest absolute Gasteiger partial charge is 0.295 e. The van der Waals surface area contributed by atoms with Gasteiger partial charge in [0.25, 0.3) is 11.7 Å². The van der Waals surface area contributed by atoms with Gasteiger partial charge in [0.2, 0.25) is 5.75 Å². The van der Waals surface area contributed by atoms with Crippen LogP contribution in [0.25, 0.3) is 5.76 Å². The number of amides is 1. The van der Waals surface area contributed by atoms with Crippen molar-refractivity contribution in [2.45, 2.75) is 26.0 Å². The molecule has 3 aromatic carbocycles. The normalized spacial score (nSPS) is 16.2. The molecule has 1 fully saturated rings. The Morgan fingerprint density at radius 1 is 0.929 bits per heavy atom. The minimum Gasteiger partial charge on any atom is -0.507 e. The van der Waals surface area contributed by atoms with Gasteiger partial charge in [0, 0.05) is 12.1 Å². The molecule has 9 heteroatoms. The van der Waals surface area contributed by atoms with Crippen LogP contribution in [0.2, 0.25) is 0 Å². The van der Waals surface area contributed by atoms with E-state index in [2.05, 4.69) is 0 Å². The van der Waals surface area contributed by atoms with Gasteiger partial charge in [-0.15, -0.1) is 0 Å². The number of ketones is 1. The number of carbonyl (C=O) groups is 2. The van der Waals surface area contributed by atoms with Crippen molar-refractivity contribution in [3.05, 3.63) is 88.5 Å². The van der Waals surface area contributed by atoms with E-state index in [1.54, 1.807) is 30.3 Å². The maximum atomic E-state index is 13.5. The van der Waals surface area contributed by atoms with E-state index in [1.807, 2.05) is 56.3 Å². The molecular formula is C33H38N2O7. The fourth-order valence-electron chi connectivity index (χ4n) is 5.15. The standard InChI is InChI=1S/C33H38N2O7/c1-21-17-24(42-20-22-11-8-7-9-12-22)13-14-25(21)30(36)28-29(35(33(38)31(28)37)16-10-15-34(2)3)23-18-26(39-4)32(41-6)27(19-23)40-5/h7-9,11-14,17-19,29,36H,10,15-16,20H2,1-6H3/t29-/m1/s1. The number of benzene rings is 3. The average molecular weight is 575 g/mol. The molecule has 1 atom stereocenters. The number of rotatable bonds is 12. The minimum atomic E-state index is -0.866. The van der Waals surface area contributed by atoms with Crippen molar-refractivity contribution in [3.63, 3.8) is 0 Å². The van der Waals surface area contributed by atoms with Crippen molar-refractivity contribution in [2.75, 3.05) is 48.5 Å². The number of aliphatic hydroxyl groups excluding tert-OH is 1. The molecule has 0 unspecified atom stereocenters. The predicted octanol–water partition coefficient (Wildman–Crippen LogP) is 4.97. The highest BCUT2D eigenvalue weighted by atomic mass is 16.5. The maximum Gasteiger partial charge on any atom is 0.295 e. The largest absolute Gasteiger partial charge is 0.507 e. The van der Waals surface area contributed by atoms with Gasteiger partial charge in [0.15, 0.2) is 11.5 Å². The van der Waals surface area contributed by atoms with Gasteiger partial charge in [-0.2, -0.15) is 0 Å². The minimum absolute atomic E-state index is 0.000167. The van der Waals surface area contributed by atoms with Crippen LogP contribution in [0.15, 0.2) is 66.2 Å². The number of nitrogens with zero attached hydrogens (tertiary/aromatic N) is 2. The van der Waals surface area contributed by atoms with Crippen molar-refractivity contribution in [3.8, 4) is 23.0 Å². The third-order valence-electron chi connectivity index (χ3n) is 7.25. The van der Waals surface area contributed by atoms with Crippen molar-refractivity contribution in [2.24, 2.45) is 0 Å². The summed E-state index contributed by atoms with van der Waals surface area (Å²) >= 11 is 0. The van der Waals surface area contributed by atoms with E-state index in [4.69, 9.17) is 18.9 Å². The molecule has 0 spiro atoms. The number of hydrogen-bond donors (Lipinski definition) is 1. The number of likely N-dealkylation sites (tertiary alicyclic amines) is 1. The molecule has 0 radical (unpaired) electrons. The Hall–Kier alpha value is -4.50. The molecule has 0 aliphatic carbocycles. The van der Waals surface area contributed by atoms with Gasteiger partial charge in [0.05, 0.1) is 32.9 Å². The number of aliphatic hydroxyl groups is 1. The van der Waals surface area contributed by atoms with E-state index >= 15 is 0 Å². The van der Waals surface area contributed by atoms with Gasteiger partial charge < -0.3 is 33.9 Å². The molecule has 1 aliphatic rings. The summed E-state index contributed by atoms with van der Waals surface area (Å²) in [4.78, 5) is 30.5. The van der Waals surface area contributed by atoms with Crippen LogP contribution in [0.1, 0.15) is 34.7 Å². The molecule has 1 heterocycles. The summed E-state index contributed by atoms with van der Waals surface area (Å²) in [6.45, 7) is 3.25. The lowest BCUT2D eigenvalue weighted by Crippen LogP contribution is -2.32. The SMILES string of the molecule is COc1cc([C@@H]2C(=C(O)c3ccc(OCc4ccccc4)cc3C)C(=O)C(=O)N2CCCN(C)C)cc(OC)c1OC. The van der Waals surface area contributed by atoms with E-state index in [0.717, 1.165) is 5.56 Å². The lowest BCUT2D eigenvalue weighted by atomic mass is 9.93. The lowest BCUT2D eigenvalue weighted by molar-refractivity contribution is -0.139. The third kappa shape index (κ3) is 6.36. The Morgan fingerprint density at radius 2 is 1.60 bits per heavy atom. The maximum absolute atomic E-state index is 13.5. The molecular weight excluding hydrogens is 536 g/mol. The van der Waals surface area contributed by atoms with Gasteiger partial charge in [-0.1, -0.05) is 30.3 Å².